The summed E-state index contributed by atoms with van der Waals surface area (Å²) in [5.74, 6) is 0.162. The predicted octanol–water partition coefficient (Wildman–Crippen LogP) is 2.51. The number of nitrogens with zero attached hydrogens (tertiary/aromatic N) is 5. The standard InChI is InChI=1S/C17H23N5O/c1-12-8-16(13(2)22(12)14-5-6-14)17(23)20-7-3-4-15(9-20)21-11-18-10-19-21/h8,10-11,14-15H,3-7,9H2,1-2H3/t15-/m1/s1. The summed E-state index contributed by atoms with van der Waals surface area (Å²) in [5.41, 5.74) is 3.20. The van der Waals surface area contributed by atoms with E-state index in [0.717, 1.165) is 37.2 Å². The summed E-state index contributed by atoms with van der Waals surface area (Å²) in [6.45, 7) is 5.74. The Morgan fingerprint density at radius 2 is 2.04 bits per heavy atom. The molecule has 0 spiro atoms. The third-order valence-electron chi connectivity index (χ3n) is 5.12. The van der Waals surface area contributed by atoms with E-state index in [4.69, 9.17) is 0 Å². The molecule has 2 fully saturated rings. The molecule has 3 heterocycles. The van der Waals surface area contributed by atoms with Crippen LogP contribution in [-0.4, -0.2) is 43.2 Å². The molecule has 0 radical (unpaired) electrons. The Labute approximate surface area is 136 Å². The Morgan fingerprint density at radius 1 is 1.22 bits per heavy atom. The number of carbonyl (C=O) groups excluding carboxylic acids is 1. The SMILES string of the molecule is Cc1cc(C(=O)N2CCC[C@@H](n3cncn3)C2)c(C)n1C1CC1. The highest BCUT2D eigenvalue weighted by Crippen LogP contribution is 2.38. The van der Waals surface area contributed by atoms with E-state index in [-0.39, 0.29) is 11.9 Å². The van der Waals surface area contributed by atoms with E-state index < -0.39 is 0 Å². The zero-order valence-corrected chi connectivity index (χ0v) is 13.8. The van der Waals surface area contributed by atoms with Gasteiger partial charge in [0.05, 0.1) is 11.6 Å². The highest BCUT2D eigenvalue weighted by molar-refractivity contribution is 5.95. The molecule has 6 nitrogen and oxygen atoms in total. The Morgan fingerprint density at radius 3 is 2.74 bits per heavy atom. The maximum absolute atomic E-state index is 13.0. The first-order chi connectivity index (χ1) is 11.1. The molecule has 0 N–H and O–H groups in total. The van der Waals surface area contributed by atoms with Gasteiger partial charge in [0.1, 0.15) is 12.7 Å². The predicted molar refractivity (Wildman–Crippen MR) is 86.4 cm³/mol. The second-order valence-corrected chi connectivity index (χ2v) is 6.81. The fourth-order valence-corrected chi connectivity index (χ4v) is 3.82. The van der Waals surface area contributed by atoms with Crippen molar-refractivity contribution in [2.45, 2.75) is 51.6 Å². The molecule has 1 saturated heterocycles. The summed E-state index contributed by atoms with van der Waals surface area (Å²) >= 11 is 0. The van der Waals surface area contributed by atoms with Crippen LogP contribution in [0.3, 0.4) is 0 Å². The number of amides is 1. The average Bonchev–Trinajstić information content (AvgIpc) is 3.13. The molecule has 23 heavy (non-hydrogen) atoms. The van der Waals surface area contributed by atoms with Crippen molar-refractivity contribution in [3.05, 3.63) is 35.7 Å². The zero-order chi connectivity index (χ0) is 16.0. The van der Waals surface area contributed by atoms with Crippen LogP contribution in [0.5, 0.6) is 0 Å². The quantitative estimate of drug-likeness (QED) is 0.875. The molecule has 0 aromatic carbocycles. The summed E-state index contributed by atoms with van der Waals surface area (Å²) in [6.07, 6.45) is 7.84. The topological polar surface area (TPSA) is 56.0 Å². The maximum atomic E-state index is 13.0. The Hall–Kier alpha value is -2.11. The van der Waals surface area contributed by atoms with Crippen LogP contribution in [0.4, 0.5) is 0 Å². The number of likely N-dealkylation sites (tertiary alicyclic amines) is 1. The minimum Gasteiger partial charge on any atom is -0.345 e. The average molecular weight is 313 g/mol. The van der Waals surface area contributed by atoms with Crippen LogP contribution in [0.25, 0.3) is 0 Å². The molecule has 6 heteroatoms. The van der Waals surface area contributed by atoms with Gasteiger partial charge in [-0.25, -0.2) is 9.67 Å². The zero-order valence-electron chi connectivity index (χ0n) is 13.8. The Balaban J connectivity index is 1.56. The van der Waals surface area contributed by atoms with Crippen LogP contribution < -0.4 is 0 Å². The number of hydrogen-bond donors (Lipinski definition) is 0. The molecule has 0 bridgehead atoms. The largest absolute Gasteiger partial charge is 0.345 e. The molecule has 2 aliphatic rings. The number of piperidine rings is 1. The molecular formula is C17H23N5O. The number of aromatic nitrogens is 4. The lowest BCUT2D eigenvalue weighted by Gasteiger charge is -2.32. The second-order valence-electron chi connectivity index (χ2n) is 6.81. The van der Waals surface area contributed by atoms with Crippen molar-refractivity contribution in [1.82, 2.24) is 24.2 Å². The van der Waals surface area contributed by atoms with Gasteiger partial charge in [-0.2, -0.15) is 5.10 Å². The Bertz CT molecular complexity index is 714. The lowest BCUT2D eigenvalue weighted by Crippen LogP contribution is -2.41. The highest BCUT2D eigenvalue weighted by atomic mass is 16.2. The van der Waals surface area contributed by atoms with E-state index in [2.05, 4.69) is 34.6 Å². The van der Waals surface area contributed by atoms with Crippen LogP contribution in [0, 0.1) is 13.8 Å². The third kappa shape index (κ3) is 2.56. The van der Waals surface area contributed by atoms with E-state index in [1.54, 1.807) is 12.7 Å². The van der Waals surface area contributed by atoms with Crippen LogP contribution in [0.15, 0.2) is 18.7 Å². The minimum absolute atomic E-state index is 0.162. The van der Waals surface area contributed by atoms with Gasteiger partial charge in [-0.15, -0.1) is 0 Å². The summed E-state index contributed by atoms with van der Waals surface area (Å²) in [5, 5.41) is 4.24. The number of carbonyl (C=O) groups is 1. The van der Waals surface area contributed by atoms with Gasteiger partial charge < -0.3 is 9.47 Å². The van der Waals surface area contributed by atoms with Crippen LogP contribution >= 0.6 is 0 Å². The summed E-state index contributed by atoms with van der Waals surface area (Å²) < 4.78 is 4.22. The van der Waals surface area contributed by atoms with Crippen LogP contribution in [0.1, 0.15) is 59.5 Å². The molecule has 122 valence electrons. The van der Waals surface area contributed by atoms with Crippen molar-refractivity contribution < 1.29 is 4.79 Å². The molecule has 1 aliphatic carbocycles. The molecular weight excluding hydrogens is 290 g/mol. The molecule has 1 atom stereocenters. The second kappa shape index (κ2) is 5.51. The fourth-order valence-electron chi connectivity index (χ4n) is 3.82. The first kappa shape index (κ1) is 14.5. The number of aryl methyl sites for hydroxylation is 1. The van der Waals surface area contributed by atoms with Crippen molar-refractivity contribution in [2.75, 3.05) is 13.1 Å². The summed E-state index contributed by atoms with van der Waals surface area (Å²) in [7, 11) is 0. The van der Waals surface area contributed by atoms with Crippen LogP contribution in [0.2, 0.25) is 0 Å². The van der Waals surface area contributed by atoms with Gasteiger partial charge >= 0.3 is 0 Å². The van der Waals surface area contributed by atoms with Gasteiger partial charge in [0.25, 0.3) is 5.91 Å². The van der Waals surface area contributed by atoms with E-state index >= 15 is 0 Å². The first-order valence-electron chi connectivity index (χ1n) is 8.47. The van der Waals surface area contributed by atoms with E-state index in [0.29, 0.717) is 6.04 Å². The van der Waals surface area contributed by atoms with Gasteiger partial charge in [0.15, 0.2) is 0 Å². The van der Waals surface area contributed by atoms with Crippen molar-refractivity contribution in [1.29, 1.82) is 0 Å². The first-order valence-corrected chi connectivity index (χ1v) is 8.47. The fraction of sp³-hybridized carbons (Fsp3) is 0.588. The number of hydrogen-bond acceptors (Lipinski definition) is 3. The lowest BCUT2D eigenvalue weighted by molar-refractivity contribution is 0.0672. The molecule has 1 amide bonds. The highest BCUT2D eigenvalue weighted by Gasteiger charge is 2.31. The van der Waals surface area contributed by atoms with Gasteiger partial charge in [0, 0.05) is 30.5 Å². The molecule has 1 saturated carbocycles. The van der Waals surface area contributed by atoms with Crippen molar-refractivity contribution >= 4 is 5.91 Å². The van der Waals surface area contributed by atoms with E-state index in [1.807, 2.05) is 9.58 Å². The normalized spacial score (nSPS) is 21.7. The van der Waals surface area contributed by atoms with E-state index in [1.165, 1.54) is 18.5 Å². The maximum Gasteiger partial charge on any atom is 0.255 e. The summed E-state index contributed by atoms with van der Waals surface area (Å²) in [4.78, 5) is 19.0. The van der Waals surface area contributed by atoms with Gasteiger partial charge in [-0.3, -0.25) is 4.79 Å². The minimum atomic E-state index is 0.162. The van der Waals surface area contributed by atoms with Crippen molar-refractivity contribution in [3.8, 4) is 0 Å². The molecule has 2 aromatic rings. The van der Waals surface area contributed by atoms with Gasteiger partial charge in [0.2, 0.25) is 0 Å². The Kier molecular flexibility index (Phi) is 3.47. The van der Waals surface area contributed by atoms with E-state index in [9.17, 15) is 4.79 Å². The molecule has 4 rings (SSSR count). The third-order valence-corrected chi connectivity index (χ3v) is 5.12. The van der Waals surface area contributed by atoms with Crippen molar-refractivity contribution in [3.63, 3.8) is 0 Å². The molecule has 0 unspecified atom stereocenters. The smallest absolute Gasteiger partial charge is 0.255 e. The molecule has 2 aromatic heterocycles. The van der Waals surface area contributed by atoms with Gasteiger partial charge in [-0.1, -0.05) is 0 Å². The van der Waals surface area contributed by atoms with Crippen LogP contribution in [-0.2, 0) is 0 Å². The van der Waals surface area contributed by atoms with Gasteiger partial charge in [-0.05, 0) is 45.6 Å². The lowest BCUT2D eigenvalue weighted by atomic mass is 10.0. The summed E-state index contributed by atoms with van der Waals surface area (Å²) in [6, 6.07) is 2.91. The molecule has 1 aliphatic heterocycles. The van der Waals surface area contributed by atoms with Crippen molar-refractivity contribution in [2.24, 2.45) is 0 Å². The number of rotatable bonds is 3. The monoisotopic (exact) mass is 313 g/mol.